The second kappa shape index (κ2) is 19.8. The molecule has 9 rings (SSSR count). The minimum absolute atomic E-state index is 0.0864. The van der Waals surface area contributed by atoms with E-state index in [9.17, 15) is 40.3 Å². The first-order valence-corrected chi connectivity index (χ1v) is 23.2. The van der Waals surface area contributed by atoms with Gasteiger partial charge in [-0.05, 0) is 128 Å². The minimum atomic E-state index is -4.31. The van der Waals surface area contributed by atoms with Crippen LogP contribution < -0.4 is 21.3 Å². The number of fused-ring (bicyclic) bond motifs is 2. The number of nitrogens with one attached hydrogen (secondary N) is 4. The van der Waals surface area contributed by atoms with Gasteiger partial charge in [0.05, 0.1) is 48.0 Å². The summed E-state index contributed by atoms with van der Waals surface area (Å²) in [5.41, 5.74) is 7.89. The quantitative estimate of drug-likeness (QED) is 0.0783. The monoisotopic (exact) mass is 1020 g/mol. The maximum Gasteiger partial charge on any atom is 0.390 e. The number of anilines is 2. The molecule has 0 radical (unpaired) electrons. The van der Waals surface area contributed by atoms with E-state index >= 15 is 0 Å². The number of rotatable bonds is 14. The molecule has 12 nitrogen and oxygen atoms in total. The zero-order valence-corrected chi connectivity index (χ0v) is 39.2. The molecule has 0 atom stereocenters. The number of amides is 2. The van der Waals surface area contributed by atoms with E-state index in [1.54, 1.807) is 66.3 Å². The highest BCUT2D eigenvalue weighted by Gasteiger charge is 2.29. The van der Waals surface area contributed by atoms with Gasteiger partial charge in [0.2, 0.25) is 0 Å². The fraction of sp³-hybridized carbons (Fsp3) is 0.319. The van der Waals surface area contributed by atoms with E-state index in [1.807, 2.05) is 32.0 Å². The van der Waals surface area contributed by atoms with E-state index in [4.69, 9.17) is 0 Å². The number of halogens is 8. The summed E-state index contributed by atoms with van der Waals surface area (Å²) in [5, 5.41) is 21.0. The number of aryl methyl sites for hydroxylation is 3. The molecule has 2 aliphatic rings. The second-order valence-corrected chi connectivity index (χ2v) is 18.6. The Morgan fingerprint density at radius 3 is 1.62 bits per heavy atom. The summed E-state index contributed by atoms with van der Waals surface area (Å²) >= 11 is 4.37. The molecule has 0 bridgehead atoms. The fourth-order valence-corrected chi connectivity index (χ4v) is 8.41. The van der Waals surface area contributed by atoms with Crippen LogP contribution in [0, 0.1) is 26.6 Å². The molecule has 2 aliphatic carbocycles. The van der Waals surface area contributed by atoms with Gasteiger partial charge in [0, 0.05) is 52.3 Å². The van der Waals surface area contributed by atoms with Gasteiger partial charge in [0.1, 0.15) is 15.4 Å². The van der Waals surface area contributed by atoms with Crippen LogP contribution in [-0.4, -0.2) is 78.5 Å². The summed E-state index contributed by atoms with van der Waals surface area (Å²) in [6.07, 6.45) is -3.31. The Labute approximate surface area is 398 Å². The first-order valence-electron chi connectivity index (χ1n) is 21.6. The normalized spacial score (nSPS) is 13.9. The number of carbonyl (C=O) groups excluding carboxylic acids is 2. The molecule has 2 saturated carbocycles. The van der Waals surface area contributed by atoms with Gasteiger partial charge < -0.3 is 21.3 Å². The highest BCUT2D eigenvalue weighted by atomic mass is 79.9. The van der Waals surface area contributed by atoms with Gasteiger partial charge in [0.25, 0.3) is 11.8 Å². The number of imidazole rings is 2. The molecule has 21 heteroatoms. The largest absolute Gasteiger partial charge is 0.390 e. The van der Waals surface area contributed by atoms with Crippen LogP contribution in [0.4, 0.5) is 42.1 Å². The average molecular weight is 1030 g/mol. The van der Waals surface area contributed by atoms with E-state index in [0.29, 0.717) is 59.7 Å². The van der Waals surface area contributed by atoms with E-state index in [-0.39, 0.29) is 37.0 Å². The Kier molecular flexibility index (Phi) is 14.0. The van der Waals surface area contributed by atoms with Crippen LogP contribution in [-0.2, 0) is 0 Å². The predicted molar refractivity (Wildman–Crippen MR) is 249 cm³/mol. The van der Waals surface area contributed by atoms with Crippen LogP contribution in [0.2, 0.25) is 0 Å². The summed E-state index contributed by atoms with van der Waals surface area (Å²) in [4.78, 5) is 34.0. The van der Waals surface area contributed by atoms with Gasteiger partial charge in [-0.15, -0.1) is 0 Å². The lowest BCUT2D eigenvalue weighted by Gasteiger charge is -2.13. The van der Waals surface area contributed by atoms with Gasteiger partial charge >= 0.3 is 12.4 Å². The van der Waals surface area contributed by atoms with Gasteiger partial charge in [-0.25, -0.2) is 23.4 Å². The molecular formula is C47H44BrF7N10O2S. The number of hydrogen-bond donors (Lipinski definition) is 4. The lowest BCUT2D eigenvalue weighted by atomic mass is 10.0. The van der Waals surface area contributed by atoms with Crippen LogP contribution in [0.3, 0.4) is 0 Å². The molecular weight excluding hydrogens is 982 g/mol. The molecule has 2 amide bonds. The van der Waals surface area contributed by atoms with Crippen molar-refractivity contribution in [2.24, 2.45) is 0 Å². The Morgan fingerprint density at radius 1 is 0.676 bits per heavy atom. The van der Waals surface area contributed by atoms with Gasteiger partial charge in [0.15, 0.2) is 11.3 Å². The lowest BCUT2D eigenvalue weighted by Crippen LogP contribution is -2.26. The first kappa shape index (κ1) is 48.2. The maximum atomic E-state index is 14.6. The number of alkyl halides is 6. The van der Waals surface area contributed by atoms with Gasteiger partial charge in [-0.1, -0.05) is 30.0 Å². The third kappa shape index (κ3) is 12.1. The summed E-state index contributed by atoms with van der Waals surface area (Å²) in [6, 6.07) is 19.4. The van der Waals surface area contributed by atoms with Crippen molar-refractivity contribution >= 4 is 62.2 Å². The Balaban J connectivity index is 0.000000189. The average Bonchev–Trinajstić information content (AvgIpc) is 4.17. The molecule has 3 aromatic carbocycles. The Bertz CT molecular complexity index is 3020. The zero-order valence-electron chi connectivity index (χ0n) is 36.7. The van der Waals surface area contributed by atoms with E-state index in [2.05, 4.69) is 57.4 Å². The minimum Gasteiger partial charge on any atom is -0.382 e. The third-order valence-electron chi connectivity index (χ3n) is 11.0. The van der Waals surface area contributed by atoms with E-state index < -0.39 is 31.0 Å². The summed E-state index contributed by atoms with van der Waals surface area (Å²) in [7, 11) is 0. The molecule has 0 saturated heterocycles. The molecule has 68 heavy (non-hydrogen) atoms. The molecule has 4 N–H and O–H groups in total. The van der Waals surface area contributed by atoms with Crippen molar-refractivity contribution in [3.05, 3.63) is 117 Å². The lowest BCUT2D eigenvalue weighted by molar-refractivity contribution is -0.132. The summed E-state index contributed by atoms with van der Waals surface area (Å²) in [6.45, 7) is 4.88. The van der Waals surface area contributed by atoms with Crippen molar-refractivity contribution < 1.29 is 40.3 Å². The maximum absolute atomic E-state index is 14.6. The zero-order chi connectivity index (χ0) is 48.5. The number of nitrogens with zero attached hydrogens (tertiary/aromatic N) is 6. The molecule has 7 aromatic rings. The van der Waals surface area contributed by atoms with Crippen LogP contribution in [0.15, 0.2) is 93.6 Å². The van der Waals surface area contributed by atoms with E-state index in [0.717, 1.165) is 65.3 Å². The van der Waals surface area contributed by atoms with E-state index in [1.165, 1.54) is 10.6 Å². The number of benzene rings is 3. The second-order valence-electron chi connectivity index (χ2n) is 16.7. The molecule has 4 aromatic heterocycles. The summed E-state index contributed by atoms with van der Waals surface area (Å²) < 4.78 is 93.9. The molecule has 0 spiro atoms. The number of aromatic nitrogens is 6. The van der Waals surface area contributed by atoms with Crippen LogP contribution >= 0.6 is 27.7 Å². The van der Waals surface area contributed by atoms with Crippen molar-refractivity contribution in [1.29, 1.82) is 0 Å². The van der Waals surface area contributed by atoms with Crippen molar-refractivity contribution in [3.63, 3.8) is 0 Å². The smallest absolute Gasteiger partial charge is 0.382 e. The Morgan fingerprint density at radius 2 is 1.16 bits per heavy atom. The van der Waals surface area contributed by atoms with Gasteiger partial charge in [-0.3, -0.25) is 9.59 Å². The standard InChI is InChI=1S/C27H25F4N5OS.C20H19BrF3N5O/c1-15-3-8-23(20(28)11-15)38-24-13-21(32-10-9-27(29,30)31)25-33-14-22(36(25)35-24)17-4-7-19(16(2)12-17)26(37)34-18-5-6-18;1-11-8-12(2-5-14(11)19(30)27-13-3-4-13)16-10-26-18-15(9-17(21)28-29(16)18)25-7-6-20(22,23)24/h3-4,7-8,11-14,18,32H,5-6,9-10H2,1-2H3,(H,34,37);2,5,8-10,13,25H,3-4,6-7H2,1H3,(H,27,30). The topological polar surface area (TPSA) is 143 Å². The molecule has 0 unspecified atom stereocenters. The Hall–Kier alpha value is -6.22. The van der Waals surface area contributed by atoms with Crippen LogP contribution in [0.25, 0.3) is 33.8 Å². The van der Waals surface area contributed by atoms with Gasteiger partial charge in [-0.2, -0.15) is 36.5 Å². The molecule has 0 aliphatic heterocycles. The first-order chi connectivity index (χ1) is 32.3. The molecule has 2 fully saturated rings. The number of hydrogen-bond acceptors (Lipinski definition) is 9. The van der Waals surface area contributed by atoms with Crippen LogP contribution in [0.1, 0.15) is 75.9 Å². The predicted octanol–water partition coefficient (Wildman–Crippen LogP) is 11.3. The SMILES string of the molecule is Cc1cc(-c2cnc3c(NCCC(F)(F)F)cc(Br)nn23)ccc1C(=O)NC1CC1.Cc1ccc(Sc2cc(NCCC(F)(F)F)c3ncc(-c4ccc(C(=O)NC5CC5)c(C)c4)n3n2)c(F)c1. The molecule has 356 valence electrons. The fourth-order valence-electron chi connectivity index (χ4n) is 7.20. The van der Waals surface area contributed by atoms with Crippen molar-refractivity contribution in [1.82, 2.24) is 39.8 Å². The van der Waals surface area contributed by atoms with Crippen molar-refractivity contribution in [3.8, 4) is 22.5 Å². The van der Waals surface area contributed by atoms with Crippen LogP contribution in [0.5, 0.6) is 0 Å². The highest BCUT2D eigenvalue weighted by Crippen LogP contribution is 2.35. The third-order valence-corrected chi connectivity index (χ3v) is 12.3. The number of carbonyl (C=O) groups is 2. The van der Waals surface area contributed by atoms with Crippen molar-refractivity contribution in [2.45, 2.75) is 93.7 Å². The summed E-state index contributed by atoms with van der Waals surface area (Å²) in [5.74, 6) is -0.621. The van der Waals surface area contributed by atoms with Crippen molar-refractivity contribution in [2.75, 3.05) is 23.7 Å². The molecule has 4 heterocycles. The highest BCUT2D eigenvalue weighted by molar-refractivity contribution is 9.10.